The van der Waals surface area contributed by atoms with Gasteiger partial charge in [-0.15, -0.1) is 0 Å². The Bertz CT molecular complexity index is 373. The van der Waals surface area contributed by atoms with Gasteiger partial charge in [-0.1, -0.05) is 51.2 Å². The van der Waals surface area contributed by atoms with Crippen molar-refractivity contribution in [1.29, 1.82) is 0 Å². The molecule has 3 N–H and O–H groups in total. The summed E-state index contributed by atoms with van der Waals surface area (Å²) >= 11 is 0. The van der Waals surface area contributed by atoms with E-state index in [-0.39, 0.29) is 13.0 Å². The number of aliphatic hydroxyl groups is 3. The number of hydrogen-bond donors (Lipinski definition) is 3. The first-order valence-electron chi connectivity index (χ1n) is 7.31. The second kappa shape index (κ2) is 8.37. The van der Waals surface area contributed by atoms with Crippen LogP contribution in [0.1, 0.15) is 27.2 Å². The molecular formula is C16H26O4. The van der Waals surface area contributed by atoms with E-state index in [1.807, 2.05) is 44.2 Å². The lowest BCUT2D eigenvalue weighted by Crippen LogP contribution is -2.49. The van der Waals surface area contributed by atoms with Gasteiger partial charge in [-0.05, 0) is 11.5 Å². The Hall–Kier alpha value is -0.940. The molecule has 0 aromatic carbocycles. The van der Waals surface area contributed by atoms with E-state index in [0.29, 0.717) is 5.92 Å². The second-order valence-corrected chi connectivity index (χ2v) is 4.92. The number of hydrogen-bond acceptors (Lipinski definition) is 4. The summed E-state index contributed by atoms with van der Waals surface area (Å²) in [6.07, 6.45) is 7.20. The Morgan fingerprint density at radius 2 is 1.95 bits per heavy atom. The van der Waals surface area contributed by atoms with Gasteiger partial charge >= 0.3 is 0 Å². The quantitative estimate of drug-likeness (QED) is 0.719. The fourth-order valence-electron chi connectivity index (χ4n) is 2.26. The Morgan fingerprint density at radius 1 is 1.25 bits per heavy atom. The van der Waals surface area contributed by atoms with Crippen molar-refractivity contribution in [3.05, 3.63) is 36.0 Å². The highest BCUT2D eigenvalue weighted by molar-refractivity contribution is 5.33. The molecule has 1 fully saturated rings. The predicted molar refractivity (Wildman–Crippen MR) is 79.3 cm³/mol. The van der Waals surface area contributed by atoms with Crippen LogP contribution in [0.5, 0.6) is 0 Å². The van der Waals surface area contributed by atoms with Crippen LogP contribution >= 0.6 is 0 Å². The highest BCUT2D eigenvalue weighted by Gasteiger charge is 2.37. The molecule has 4 heteroatoms. The summed E-state index contributed by atoms with van der Waals surface area (Å²) in [6, 6.07) is 0. The predicted octanol–water partition coefficient (Wildman–Crippen LogP) is 1.57. The maximum absolute atomic E-state index is 10.0. The molecule has 1 aliphatic heterocycles. The third kappa shape index (κ3) is 4.28. The van der Waals surface area contributed by atoms with Crippen molar-refractivity contribution in [2.24, 2.45) is 5.92 Å². The molecule has 0 radical (unpaired) electrons. The van der Waals surface area contributed by atoms with Crippen molar-refractivity contribution in [3.63, 3.8) is 0 Å². The molecule has 0 bridgehead atoms. The number of aliphatic hydroxyl groups excluding tert-OH is 3. The third-order valence-electron chi connectivity index (χ3n) is 3.38. The van der Waals surface area contributed by atoms with E-state index >= 15 is 0 Å². The van der Waals surface area contributed by atoms with Crippen LogP contribution in [0.2, 0.25) is 0 Å². The number of rotatable bonds is 2. The van der Waals surface area contributed by atoms with Gasteiger partial charge in [0.15, 0.2) is 0 Å². The lowest BCUT2D eigenvalue weighted by molar-refractivity contribution is -0.162. The van der Waals surface area contributed by atoms with Gasteiger partial charge in [0.25, 0.3) is 0 Å². The Balaban J connectivity index is 0.000000956. The summed E-state index contributed by atoms with van der Waals surface area (Å²) in [7, 11) is 0. The highest BCUT2D eigenvalue weighted by Crippen LogP contribution is 2.27. The largest absolute Gasteiger partial charge is 0.394 e. The zero-order valence-electron chi connectivity index (χ0n) is 12.4. The molecule has 0 aromatic rings. The summed E-state index contributed by atoms with van der Waals surface area (Å²) in [5.74, 6) is 0.332. The van der Waals surface area contributed by atoms with Crippen LogP contribution in [-0.2, 0) is 4.74 Å². The maximum Gasteiger partial charge on any atom is 0.111 e. The summed E-state index contributed by atoms with van der Waals surface area (Å²) < 4.78 is 5.64. The molecule has 0 aromatic heterocycles. The fourth-order valence-corrected chi connectivity index (χ4v) is 2.26. The monoisotopic (exact) mass is 282 g/mol. The minimum Gasteiger partial charge on any atom is -0.394 e. The third-order valence-corrected chi connectivity index (χ3v) is 3.38. The van der Waals surface area contributed by atoms with E-state index in [1.165, 1.54) is 0 Å². The standard InChI is InChI=1S/C14H20O4.C2H6/c1-9-3-2-4-10(6-5-9)14-13(17)12(16)7-11(8-15)18-14;1-2/h2-6,9,11-17H,7-8H2,1H3;1-2H3/t9?,11?,12?,13?,14-;/m1./s1. The zero-order valence-corrected chi connectivity index (χ0v) is 12.4. The average Bonchev–Trinajstić information content (AvgIpc) is 2.68. The average molecular weight is 282 g/mol. The topological polar surface area (TPSA) is 69.9 Å². The van der Waals surface area contributed by atoms with Gasteiger partial charge in [0.1, 0.15) is 12.2 Å². The Labute approximate surface area is 121 Å². The summed E-state index contributed by atoms with van der Waals surface area (Å²) in [6.45, 7) is 5.91. The number of ether oxygens (including phenoxy) is 1. The Morgan fingerprint density at radius 3 is 2.60 bits per heavy atom. The van der Waals surface area contributed by atoms with Crippen LogP contribution in [0.4, 0.5) is 0 Å². The fraction of sp³-hybridized carbons (Fsp3) is 0.625. The van der Waals surface area contributed by atoms with Crippen molar-refractivity contribution in [2.75, 3.05) is 6.61 Å². The van der Waals surface area contributed by atoms with Crippen molar-refractivity contribution >= 4 is 0 Å². The van der Waals surface area contributed by atoms with Crippen LogP contribution < -0.4 is 0 Å². The Kier molecular flexibility index (Phi) is 7.16. The zero-order chi connectivity index (χ0) is 15.1. The van der Waals surface area contributed by atoms with Gasteiger partial charge in [0, 0.05) is 6.42 Å². The molecule has 2 aliphatic rings. The molecular weight excluding hydrogens is 256 g/mol. The van der Waals surface area contributed by atoms with Gasteiger partial charge < -0.3 is 20.1 Å². The van der Waals surface area contributed by atoms with Gasteiger partial charge in [0.2, 0.25) is 0 Å². The molecule has 4 unspecified atom stereocenters. The molecule has 1 heterocycles. The normalized spacial score (nSPS) is 36.7. The van der Waals surface area contributed by atoms with E-state index in [0.717, 1.165) is 5.57 Å². The number of allylic oxidation sites excluding steroid dienone is 4. The minimum atomic E-state index is -0.953. The van der Waals surface area contributed by atoms with Gasteiger partial charge in [-0.25, -0.2) is 0 Å². The van der Waals surface area contributed by atoms with Gasteiger partial charge in [0.05, 0.1) is 18.8 Å². The molecule has 0 spiro atoms. The molecule has 114 valence electrons. The van der Waals surface area contributed by atoms with E-state index in [9.17, 15) is 10.2 Å². The molecule has 1 aliphatic carbocycles. The summed E-state index contributed by atoms with van der Waals surface area (Å²) in [5, 5.41) is 28.9. The van der Waals surface area contributed by atoms with Gasteiger partial charge in [-0.2, -0.15) is 0 Å². The van der Waals surface area contributed by atoms with Crippen LogP contribution in [0.3, 0.4) is 0 Å². The van der Waals surface area contributed by atoms with E-state index in [4.69, 9.17) is 9.84 Å². The molecule has 0 amide bonds. The van der Waals surface area contributed by atoms with Gasteiger partial charge in [-0.3, -0.25) is 0 Å². The summed E-state index contributed by atoms with van der Waals surface area (Å²) in [5.41, 5.74) is 0.820. The van der Waals surface area contributed by atoms with E-state index in [2.05, 4.69) is 6.92 Å². The van der Waals surface area contributed by atoms with Crippen LogP contribution in [0.15, 0.2) is 36.0 Å². The van der Waals surface area contributed by atoms with Crippen molar-refractivity contribution in [2.45, 2.75) is 51.6 Å². The van der Waals surface area contributed by atoms with Crippen LogP contribution in [0, 0.1) is 5.92 Å². The molecule has 20 heavy (non-hydrogen) atoms. The van der Waals surface area contributed by atoms with Crippen LogP contribution in [-0.4, -0.2) is 46.3 Å². The van der Waals surface area contributed by atoms with Crippen LogP contribution in [0.25, 0.3) is 0 Å². The molecule has 1 saturated heterocycles. The first kappa shape index (κ1) is 17.1. The smallest absolute Gasteiger partial charge is 0.111 e. The highest BCUT2D eigenvalue weighted by atomic mass is 16.5. The second-order valence-electron chi connectivity index (χ2n) is 4.92. The SMILES string of the molecule is CC.CC1C=CC=C([C@H]2OC(CO)CC(O)C2O)C=C1. The lowest BCUT2D eigenvalue weighted by Gasteiger charge is -2.37. The minimum absolute atomic E-state index is 0.149. The van der Waals surface area contributed by atoms with Crippen molar-refractivity contribution < 1.29 is 20.1 Å². The first-order valence-corrected chi connectivity index (χ1v) is 7.31. The van der Waals surface area contributed by atoms with E-state index in [1.54, 1.807) is 0 Å². The molecule has 2 rings (SSSR count). The van der Waals surface area contributed by atoms with Crippen molar-refractivity contribution in [3.8, 4) is 0 Å². The maximum atomic E-state index is 10.0. The summed E-state index contributed by atoms with van der Waals surface area (Å²) in [4.78, 5) is 0. The lowest BCUT2D eigenvalue weighted by atomic mass is 9.92. The first-order chi connectivity index (χ1) is 9.61. The molecule has 4 nitrogen and oxygen atoms in total. The molecule has 0 saturated carbocycles. The van der Waals surface area contributed by atoms with E-state index < -0.39 is 24.4 Å². The molecule has 5 atom stereocenters. The van der Waals surface area contributed by atoms with Crippen molar-refractivity contribution in [1.82, 2.24) is 0 Å².